The van der Waals surface area contributed by atoms with Crippen molar-refractivity contribution in [2.75, 3.05) is 54.1 Å². The van der Waals surface area contributed by atoms with E-state index in [-0.39, 0.29) is 18.4 Å². The molecule has 7 heteroatoms. The van der Waals surface area contributed by atoms with E-state index >= 15 is 0 Å². The highest BCUT2D eigenvalue weighted by Gasteiger charge is 2.28. The van der Waals surface area contributed by atoms with Crippen molar-refractivity contribution in [2.24, 2.45) is 0 Å². The zero-order valence-corrected chi connectivity index (χ0v) is 13.7. The van der Waals surface area contributed by atoms with Crippen molar-refractivity contribution in [1.29, 1.82) is 0 Å². The Morgan fingerprint density at radius 3 is 1.96 bits per heavy atom. The van der Waals surface area contributed by atoms with Crippen LogP contribution < -0.4 is 9.47 Å². The molecule has 0 radical (unpaired) electrons. The van der Waals surface area contributed by atoms with Gasteiger partial charge >= 0.3 is 0 Å². The van der Waals surface area contributed by atoms with E-state index in [9.17, 15) is 9.59 Å². The maximum absolute atomic E-state index is 12.8. The fraction of sp³-hybridized carbons (Fsp3) is 0.500. The molecule has 0 bridgehead atoms. The number of methoxy groups -OCH3 is 3. The first kappa shape index (κ1) is 17.1. The van der Waals surface area contributed by atoms with E-state index in [1.54, 1.807) is 28.0 Å². The Bertz CT molecular complexity index is 545. The third-order valence-electron chi connectivity index (χ3n) is 3.83. The first-order valence-corrected chi connectivity index (χ1v) is 7.39. The monoisotopic (exact) mass is 322 g/mol. The van der Waals surface area contributed by atoms with Gasteiger partial charge in [0, 0.05) is 33.3 Å². The van der Waals surface area contributed by atoms with E-state index in [0.29, 0.717) is 43.2 Å². The van der Waals surface area contributed by atoms with Gasteiger partial charge in [-0.25, -0.2) is 0 Å². The molecule has 2 amide bonds. The van der Waals surface area contributed by atoms with Crippen molar-refractivity contribution in [3.8, 4) is 11.5 Å². The lowest BCUT2D eigenvalue weighted by atomic mass is 10.1. The summed E-state index contributed by atoms with van der Waals surface area (Å²) in [5, 5.41) is 0. The molecule has 1 aliphatic rings. The molecule has 0 unspecified atom stereocenters. The van der Waals surface area contributed by atoms with Gasteiger partial charge < -0.3 is 24.0 Å². The number of carbonyl (C=O) groups excluding carboxylic acids is 2. The Kier molecular flexibility index (Phi) is 5.81. The number of amides is 2. The smallest absolute Gasteiger partial charge is 0.261 e. The fourth-order valence-corrected chi connectivity index (χ4v) is 2.59. The highest BCUT2D eigenvalue weighted by molar-refractivity contribution is 5.99. The molecule has 0 aliphatic carbocycles. The van der Waals surface area contributed by atoms with Gasteiger partial charge in [-0.15, -0.1) is 0 Å². The highest BCUT2D eigenvalue weighted by Crippen LogP contribution is 2.29. The maximum Gasteiger partial charge on any atom is 0.261 e. The van der Waals surface area contributed by atoms with Gasteiger partial charge in [0.15, 0.2) is 0 Å². The van der Waals surface area contributed by atoms with Gasteiger partial charge in [0.2, 0.25) is 5.91 Å². The SMILES string of the molecule is COCC(=O)N1CCN(C(=O)c2c(OC)cccc2OC)CC1. The zero-order valence-electron chi connectivity index (χ0n) is 13.7. The average Bonchev–Trinajstić information content (AvgIpc) is 2.60. The molecule has 0 atom stereocenters. The van der Waals surface area contributed by atoms with E-state index in [0.717, 1.165) is 0 Å². The minimum absolute atomic E-state index is 0.0607. The minimum atomic E-state index is -0.154. The van der Waals surface area contributed by atoms with Gasteiger partial charge in [-0.3, -0.25) is 9.59 Å². The summed E-state index contributed by atoms with van der Waals surface area (Å²) in [6.07, 6.45) is 0. The van der Waals surface area contributed by atoms with Crippen LogP contribution in [-0.2, 0) is 9.53 Å². The quantitative estimate of drug-likeness (QED) is 0.795. The Morgan fingerprint density at radius 2 is 1.48 bits per heavy atom. The molecule has 0 aromatic heterocycles. The second-order valence-corrected chi connectivity index (χ2v) is 5.14. The van der Waals surface area contributed by atoms with E-state index in [1.165, 1.54) is 21.3 Å². The molecule has 1 aliphatic heterocycles. The molecule has 1 saturated heterocycles. The summed E-state index contributed by atoms with van der Waals surface area (Å²) in [7, 11) is 4.53. The molecule has 0 saturated carbocycles. The van der Waals surface area contributed by atoms with Crippen molar-refractivity contribution in [3.63, 3.8) is 0 Å². The van der Waals surface area contributed by atoms with Crippen LogP contribution in [0.5, 0.6) is 11.5 Å². The molecule has 1 aromatic rings. The summed E-state index contributed by atoms with van der Waals surface area (Å²) in [6.45, 7) is 1.98. The summed E-state index contributed by atoms with van der Waals surface area (Å²) < 4.78 is 15.4. The summed E-state index contributed by atoms with van der Waals surface area (Å²) in [6, 6.07) is 5.23. The van der Waals surface area contributed by atoms with E-state index in [4.69, 9.17) is 14.2 Å². The number of hydrogen-bond acceptors (Lipinski definition) is 5. The van der Waals surface area contributed by atoms with E-state index < -0.39 is 0 Å². The van der Waals surface area contributed by atoms with Crippen LogP contribution in [0.15, 0.2) is 18.2 Å². The number of benzene rings is 1. The number of rotatable bonds is 5. The fourth-order valence-electron chi connectivity index (χ4n) is 2.59. The molecule has 1 fully saturated rings. The topological polar surface area (TPSA) is 68.3 Å². The molecule has 0 spiro atoms. The molecule has 1 aromatic carbocycles. The number of ether oxygens (including phenoxy) is 3. The molecule has 23 heavy (non-hydrogen) atoms. The Hall–Kier alpha value is -2.28. The van der Waals surface area contributed by atoms with Crippen molar-refractivity contribution in [3.05, 3.63) is 23.8 Å². The second kappa shape index (κ2) is 7.82. The van der Waals surface area contributed by atoms with Gasteiger partial charge in [0.25, 0.3) is 5.91 Å². The molecule has 2 rings (SSSR count). The largest absolute Gasteiger partial charge is 0.496 e. The number of piperazine rings is 1. The van der Waals surface area contributed by atoms with Crippen LogP contribution in [0.25, 0.3) is 0 Å². The highest BCUT2D eigenvalue weighted by atomic mass is 16.5. The minimum Gasteiger partial charge on any atom is -0.496 e. The number of carbonyl (C=O) groups is 2. The molecule has 1 heterocycles. The lowest BCUT2D eigenvalue weighted by molar-refractivity contribution is -0.136. The van der Waals surface area contributed by atoms with Crippen LogP contribution in [0, 0.1) is 0 Å². The van der Waals surface area contributed by atoms with Crippen LogP contribution in [0.1, 0.15) is 10.4 Å². The third-order valence-corrected chi connectivity index (χ3v) is 3.83. The first-order valence-electron chi connectivity index (χ1n) is 7.39. The summed E-state index contributed by atoms with van der Waals surface area (Å²) >= 11 is 0. The van der Waals surface area contributed by atoms with Crippen LogP contribution in [0.3, 0.4) is 0 Å². The van der Waals surface area contributed by atoms with Gasteiger partial charge in [0.1, 0.15) is 23.7 Å². The van der Waals surface area contributed by atoms with Gasteiger partial charge in [-0.2, -0.15) is 0 Å². The summed E-state index contributed by atoms with van der Waals surface area (Å²) in [5.74, 6) is 0.743. The standard InChI is InChI=1S/C16H22N2O5/c1-21-11-14(19)17-7-9-18(10-8-17)16(20)15-12(22-2)5-4-6-13(15)23-3/h4-6H,7-11H2,1-3H3. The first-order chi connectivity index (χ1) is 11.1. The Labute approximate surface area is 135 Å². The van der Waals surface area contributed by atoms with Crippen molar-refractivity contribution >= 4 is 11.8 Å². The Morgan fingerprint density at radius 1 is 0.957 bits per heavy atom. The number of nitrogens with zero attached hydrogens (tertiary/aromatic N) is 2. The van der Waals surface area contributed by atoms with E-state index in [1.807, 2.05) is 0 Å². The predicted molar refractivity (Wildman–Crippen MR) is 83.9 cm³/mol. The normalized spacial score (nSPS) is 14.6. The van der Waals surface area contributed by atoms with Crippen molar-refractivity contribution in [2.45, 2.75) is 0 Å². The van der Waals surface area contributed by atoms with Crippen LogP contribution in [0.2, 0.25) is 0 Å². The van der Waals surface area contributed by atoms with Crippen molar-refractivity contribution in [1.82, 2.24) is 9.80 Å². The van der Waals surface area contributed by atoms with E-state index in [2.05, 4.69) is 0 Å². The lowest BCUT2D eigenvalue weighted by Crippen LogP contribution is -2.51. The van der Waals surface area contributed by atoms with Crippen LogP contribution in [-0.4, -0.2) is 75.7 Å². The van der Waals surface area contributed by atoms with Crippen LogP contribution >= 0.6 is 0 Å². The van der Waals surface area contributed by atoms with Gasteiger partial charge in [-0.1, -0.05) is 6.07 Å². The molecular formula is C16H22N2O5. The Balaban J connectivity index is 2.10. The molecule has 126 valence electrons. The maximum atomic E-state index is 12.8. The average molecular weight is 322 g/mol. The van der Waals surface area contributed by atoms with Gasteiger partial charge in [0.05, 0.1) is 14.2 Å². The van der Waals surface area contributed by atoms with Crippen molar-refractivity contribution < 1.29 is 23.8 Å². The molecular weight excluding hydrogens is 300 g/mol. The second-order valence-electron chi connectivity index (χ2n) is 5.14. The number of hydrogen-bond donors (Lipinski definition) is 0. The molecule has 0 N–H and O–H groups in total. The third kappa shape index (κ3) is 3.73. The van der Waals surface area contributed by atoms with Crippen LogP contribution in [0.4, 0.5) is 0 Å². The lowest BCUT2D eigenvalue weighted by Gasteiger charge is -2.35. The predicted octanol–water partition coefficient (Wildman–Crippen LogP) is 0.635. The zero-order chi connectivity index (χ0) is 16.8. The summed E-state index contributed by atoms with van der Waals surface area (Å²) in [5.41, 5.74) is 0.411. The molecule has 7 nitrogen and oxygen atoms in total. The summed E-state index contributed by atoms with van der Waals surface area (Å²) in [4.78, 5) is 28.0. The van der Waals surface area contributed by atoms with Gasteiger partial charge in [-0.05, 0) is 12.1 Å².